The SMILES string of the molecule is CC1(C)[C@](C#N)(C=C(Cl)C(F)(F)F)[C@]1(Cc1cccc(Oc2ccccc2)c1)C(=O)O. The summed E-state index contributed by atoms with van der Waals surface area (Å²) in [6, 6.07) is 17.3. The van der Waals surface area contributed by atoms with Crippen LogP contribution in [0.25, 0.3) is 0 Å². The minimum absolute atomic E-state index is 0.173. The average Bonchev–Trinajstić information content (AvgIpc) is 3.11. The van der Waals surface area contributed by atoms with Crippen LogP contribution in [0.2, 0.25) is 0 Å². The quantitative estimate of drug-likeness (QED) is 0.559. The van der Waals surface area contributed by atoms with Crippen molar-refractivity contribution in [2.45, 2.75) is 26.4 Å². The van der Waals surface area contributed by atoms with E-state index in [1.807, 2.05) is 12.1 Å². The molecule has 1 N–H and O–H groups in total. The number of nitriles is 1. The second-order valence-corrected chi connectivity index (χ2v) is 8.39. The molecule has 4 nitrogen and oxygen atoms in total. The lowest BCUT2D eigenvalue weighted by Crippen LogP contribution is -2.27. The van der Waals surface area contributed by atoms with Gasteiger partial charge in [0, 0.05) is 5.41 Å². The largest absolute Gasteiger partial charge is 0.481 e. The Kier molecular flexibility index (Phi) is 5.57. The van der Waals surface area contributed by atoms with Crippen LogP contribution in [0, 0.1) is 27.6 Å². The van der Waals surface area contributed by atoms with Crippen LogP contribution >= 0.6 is 11.6 Å². The molecule has 0 heterocycles. The lowest BCUT2D eigenvalue weighted by atomic mass is 9.86. The van der Waals surface area contributed by atoms with Crippen molar-refractivity contribution in [3.05, 3.63) is 71.3 Å². The Hall–Kier alpha value is -2.98. The van der Waals surface area contributed by atoms with Gasteiger partial charge in [0.25, 0.3) is 0 Å². The van der Waals surface area contributed by atoms with Crippen LogP contribution in [0.15, 0.2) is 65.7 Å². The fraction of sp³-hybridized carbons (Fsp3) is 0.304. The van der Waals surface area contributed by atoms with Crippen molar-refractivity contribution >= 4 is 17.6 Å². The van der Waals surface area contributed by atoms with Gasteiger partial charge in [-0.05, 0) is 42.3 Å². The van der Waals surface area contributed by atoms with Gasteiger partial charge in [-0.25, -0.2) is 0 Å². The fourth-order valence-electron chi connectivity index (χ4n) is 4.37. The number of halogens is 4. The highest BCUT2D eigenvalue weighted by Gasteiger charge is 2.86. The van der Waals surface area contributed by atoms with E-state index in [0.717, 1.165) is 0 Å². The molecule has 0 amide bonds. The zero-order valence-electron chi connectivity index (χ0n) is 16.7. The molecule has 1 fully saturated rings. The van der Waals surface area contributed by atoms with E-state index in [-0.39, 0.29) is 6.42 Å². The summed E-state index contributed by atoms with van der Waals surface area (Å²) in [5.41, 5.74) is -4.53. The normalized spacial score (nSPS) is 24.9. The average molecular weight is 450 g/mol. The topological polar surface area (TPSA) is 70.3 Å². The Labute approximate surface area is 182 Å². The Morgan fingerprint density at radius 2 is 1.77 bits per heavy atom. The molecule has 0 aliphatic heterocycles. The first-order chi connectivity index (χ1) is 14.4. The van der Waals surface area contributed by atoms with Crippen molar-refractivity contribution in [1.82, 2.24) is 0 Å². The van der Waals surface area contributed by atoms with Crippen molar-refractivity contribution in [3.8, 4) is 17.6 Å². The number of carboxylic acid groups (broad SMARTS) is 1. The van der Waals surface area contributed by atoms with Crippen molar-refractivity contribution in [2.75, 3.05) is 0 Å². The van der Waals surface area contributed by atoms with E-state index in [4.69, 9.17) is 16.3 Å². The molecule has 162 valence electrons. The monoisotopic (exact) mass is 449 g/mol. The molecule has 0 aromatic heterocycles. The van der Waals surface area contributed by atoms with Crippen LogP contribution in [0.4, 0.5) is 13.2 Å². The molecule has 0 unspecified atom stereocenters. The summed E-state index contributed by atoms with van der Waals surface area (Å²) in [4.78, 5) is 12.3. The molecule has 31 heavy (non-hydrogen) atoms. The molecule has 2 atom stereocenters. The van der Waals surface area contributed by atoms with Crippen molar-refractivity contribution in [2.24, 2.45) is 16.2 Å². The predicted molar refractivity (Wildman–Crippen MR) is 109 cm³/mol. The van der Waals surface area contributed by atoms with Gasteiger partial charge in [-0.3, -0.25) is 4.79 Å². The maximum Gasteiger partial charge on any atom is 0.426 e. The number of hydrogen-bond donors (Lipinski definition) is 1. The number of hydrogen-bond acceptors (Lipinski definition) is 3. The third-order valence-corrected chi connectivity index (χ3v) is 6.49. The molecule has 1 aliphatic rings. The number of carbonyl (C=O) groups is 1. The smallest absolute Gasteiger partial charge is 0.426 e. The van der Waals surface area contributed by atoms with Gasteiger partial charge in [0.2, 0.25) is 0 Å². The summed E-state index contributed by atoms with van der Waals surface area (Å²) >= 11 is 5.41. The Balaban J connectivity index is 2.01. The van der Waals surface area contributed by atoms with E-state index >= 15 is 0 Å². The van der Waals surface area contributed by atoms with Crippen LogP contribution in [0.3, 0.4) is 0 Å². The van der Waals surface area contributed by atoms with Gasteiger partial charge in [-0.2, -0.15) is 18.4 Å². The highest BCUT2D eigenvalue weighted by atomic mass is 35.5. The summed E-state index contributed by atoms with van der Waals surface area (Å²) in [7, 11) is 0. The Bertz CT molecular complexity index is 1080. The van der Waals surface area contributed by atoms with E-state index in [2.05, 4.69) is 0 Å². The van der Waals surface area contributed by atoms with Crippen molar-refractivity contribution in [3.63, 3.8) is 0 Å². The standard InChI is InChI=1S/C23H19ClF3NO3/c1-20(2)21(14-28,13-18(24)23(25,26)27)22(20,19(29)30)12-15-7-6-10-17(11-15)31-16-8-4-3-5-9-16/h3-11,13H,12H2,1-2H3,(H,29,30)/t21-,22-/m1/s1. The van der Waals surface area contributed by atoms with Crippen LogP contribution in [-0.4, -0.2) is 17.3 Å². The summed E-state index contributed by atoms with van der Waals surface area (Å²) in [5, 5.41) is 18.4. The molecule has 3 rings (SSSR count). The summed E-state index contributed by atoms with van der Waals surface area (Å²) < 4.78 is 44.9. The molecule has 0 saturated heterocycles. The van der Waals surface area contributed by atoms with Gasteiger partial charge >= 0.3 is 12.1 Å². The molecule has 1 saturated carbocycles. The van der Waals surface area contributed by atoms with E-state index in [1.165, 1.54) is 13.8 Å². The maximum absolute atomic E-state index is 13.1. The maximum atomic E-state index is 13.1. The predicted octanol–water partition coefficient (Wildman–Crippen LogP) is 6.33. The van der Waals surface area contributed by atoms with E-state index in [1.54, 1.807) is 48.5 Å². The van der Waals surface area contributed by atoms with Gasteiger partial charge in [0.15, 0.2) is 0 Å². The first-order valence-corrected chi connectivity index (χ1v) is 9.71. The lowest BCUT2D eigenvalue weighted by Gasteiger charge is -2.17. The second-order valence-electron chi connectivity index (χ2n) is 7.98. The highest BCUT2D eigenvalue weighted by molar-refractivity contribution is 6.30. The van der Waals surface area contributed by atoms with Gasteiger partial charge < -0.3 is 9.84 Å². The van der Waals surface area contributed by atoms with Gasteiger partial charge in [0.05, 0.1) is 6.07 Å². The highest BCUT2D eigenvalue weighted by Crippen LogP contribution is 2.80. The van der Waals surface area contributed by atoms with Gasteiger partial charge in [-0.1, -0.05) is 55.8 Å². The summed E-state index contributed by atoms with van der Waals surface area (Å²) in [5.74, 6) is -0.351. The molecule has 0 bridgehead atoms. The number of rotatable bonds is 6. The number of nitrogens with zero attached hydrogens (tertiary/aromatic N) is 1. The third kappa shape index (κ3) is 3.55. The molecule has 2 aromatic rings. The van der Waals surface area contributed by atoms with E-state index < -0.39 is 33.4 Å². The molecule has 0 spiro atoms. The van der Waals surface area contributed by atoms with Crippen molar-refractivity contribution in [1.29, 1.82) is 5.26 Å². The molecular weight excluding hydrogens is 431 g/mol. The number of benzene rings is 2. The van der Waals surface area contributed by atoms with Crippen LogP contribution in [0.5, 0.6) is 11.5 Å². The second kappa shape index (κ2) is 7.61. The number of allylic oxidation sites excluding steroid dienone is 2. The third-order valence-electron chi connectivity index (χ3n) is 6.17. The minimum atomic E-state index is -4.88. The van der Waals surface area contributed by atoms with Crippen LogP contribution < -0.4 is 4.74 Å². The minimum Gasteiger partial charge on any atom is -0.481 e. The molecule has 8 heteroatoms. The van der Waals surface area contributed by atoms with Crippen molar-refractivity contribution < 1.29 is 27.8 Å². The molecule has 1 aliphatic carbocycles. The number of carboxylic acids is 1. The number of aliphatic carboxylic acids is 1. The summed E-state index contributed by atoms with van der Waals surface area (Å²) in [6.45, 7) is 2.93. The first kappa shape index (κ1) is 22.7. The molecule has 0 radical (unpaired) electrons. The number of para-hydroxylation sites is 1. The Morgan fingerprint density at radius 3 is 2.32 bits per heavy atom. The first-order valence-electron chi connectivity index (χ1n) is 9.33. The number of ether oxygens (including phenoxy) is 1. The van der Waals surface area contributed by atoms with Gasteiger partial charge in [-0.15, -0.1) is 0 Å². The van der Waals surface area contributed by atoms with E-state index in [0.29, 0.717) is 23.1 Å². The van der Waals surface area contributed by atoms with E-state index in [9.17, 15) is 28.3 Å². The summed E-state index contributed by atoms with van der Waals surface area (Å²) in [6.07, 6.45) is -4.50. The number of alkyl halides is 3. The Morgan fingerprint density at radius 1 is 1.16 bits per heavy atom. The molecular formula is C23H19ClF3NO3. The van der Waals surface area contributed by atoms with Gasteiger partial charge in [0.1, 0.15) is 27.4 Å². The van der Waals surface area contributed by atoms with Crippen LogP contribution in [0.1, 0.15) is 19.4 Å². The molecule has 2 aromatic carbocycles. The van der Waals surface area contributed by atoms with Crippen LogP contribution in [-0.2, 0) is 11.2 Å². The zero-order valence-corrected chi connectivity index (χ0v) is 17.5. The zero-order chi connectivity index (χ0) is 23.1. The lowest BCUT2D eigenvalue weighted by molar-refractivity contribution is -0.145. The fourth-order valence-corrected chi connectivity index (χ4v) is 4.53.